The van der Waals surface area contributed by atoms with E-state index in [1.54, 1.807) is 0 Å². The second-order valence-electron chi connectivity index (χ2n) is 6.48. The van der Waals surface area contributed by atoms with Crippen LogP contribution in [0.1, 0.15) is 16.7 Å². The summed E-state index contributed by atoms with van der Waals surface area (Å²) < 4.78 is 12.0. The van der Waals surface area contributed by atoms with Gasteiger partial charge in [-0.25, -0.2) is 0 Å². The van der Waals surface area contributed by atoms with E-state index in [-0.39, 0.29) is 25.1 Å². The monoisotopic (exact) mass is 399 g/mol. The molecule has 0 aliphatic carbocycles. The van der Waals surface area contributed by atoms with E-state index in [0.29, 0.717) is 31.1 Å². The van der Waals surface area contributed by atoms with Crippen LogP contribution in [-0.2, 0) is 19.6 Å². The Bertz CT molecular complexity index is 828. The van der Waals surface area contributed by atoms with Crippen LogP contribution in [0.5, 0.6) is 11.5 Å². The molecule has 3 N–H and O–H groups in total. The van der Waals surface area contributed by atoms with Crippen molar-refractivity contribution in [2.24, 2.45) is 5.73 Å². The molecule has 0 radical (unpaired) electrons. The van der Waals surface area contributed by atoms with Crippen molar-refractivity contribution < 1.29 is 14.6 Å². The summed E-state index contributed by atoms with van der Waals surface area (Å²) in [6.07, 6.45) is 0.581. The van der Waals surface area contributed by atoms with E-state index < -0.39 is 0 Å². The number of hydrogen-bond donors (Lipinski definition) is 2. The Morgan fingerprint density at radius 1 is 0.714 bits per heavy atom. The summed E-state index contributed by atoms with van der Waals surface area (Å²) >= 11 is 0. The lowest BCUT2D eigenvalue weighted by atomic mass is 10.1. The quantitative estimate of drug-likeness (QED) is 0.567. The molecule has 0 fully saturated rings. The Morgan fingerprint density at radius 2 is 1.25 bits per heavy atom. The number of ether oxygens (including phenoxy) is 2. The van der Waals surface area contributed by atoms with Gasteiger partial charge < -0.3 is 20.3 Å². The molecule has 28 heavy (non-hydrogen) atoms. The van der Waals surface area contributed by atoms with E-state index in [4.69, 9.17) is 15.2 Å². The standard InChI is InChI=1S/C23H25NO3.ClH/c24-21(15-25)13-20-11-12-22(26-16-18-7-3-1-4-8-18)23(14-20)27-17-19-9-5-2-6-10-19;/h1-12,14,21,25H,13,15-17,24H2;1H. The van der Waals surface area contributed by atoms with Crippen LogP contribution in [0.4, 0.5) is 0 Å². The van der Waals surface area contributed by atoms with Crippen molar-refractivity contribution >= 4 is 12.4 Å². The molecule has 3 aromatic rings. The molecule has 3 rings (SSSR count). The van der Waals surface area contributed by atoms with Gasteiger partial charge in [-0.05, 0) is 35.2 Å². The van der Waals surface area contributed by atoms with E-state index in [1.165, 1.54) is 0 Å². The van der Waals surface area contributed by atoms with Crippen LogP contribution in [0.2, 0.25) is 0 Å². The Balaban J connectivity index is 0.00000280. The van der Waals surface area contributed by atoms with Crippen molar-refractivity contribution in [3.63, 3.8) is 0 Å². The molecule has 0 amide bonds. The summed E-state index contributed by atoms with van der Waals surface area (Å²) in [4.78, 5) is 0. The number of halogens is 1. The Morgan fingerprint density at radius 3 is 1.79 bits per heavy atom. The van der Waals surface area contributed by atoms with Crippen LogP contribution >= 0.6 is 12.4 Å². The molecular weight excluding hydrogens is 374 g/mol. The Hall–Kier alpha value is -2.53. The summed E-state index contributed by atoms with van der Waals surface area (Å²) in [6.45, 7) is 0.878. The minimum atomic E-state index is -0.289. The van der Waals surface area contributed by atoms with Gasteiger partial charge in [-0.3, -0.25) is 0 Å². The molecular formula is C23H26ClNO3. The van der Waals surface area contributed by atoms with E-state index >= 15 is 0 Å². The number of nitrogens with two attached hydrogens (primary N) is 1. The Kier molecular flexibility index (Phi) is 8.82. The fourth-order valence-corrected chi connectivity index (χ4v) is 2.75. The average Bonchev–Trinajstić information content (AvgIpc) is 2.73. The maximum Gasteiger partial charge on any atom is 0.161 e. The molecule has 0 saturated heterocycles. The highest BCUT2D eigenvalue weighted by molar-refractivity contribution is 5.85. The molecule has 1 unspecified atom stereocenters. The molecule has 3 aromatic carbocycles. The summed E-state index contributed by atoms with van der Waals surface area (Å²) in [6, 6.07) is 25.5. The first-order chi connectivity index (χ1) is 13.2. The molecule has 148 valence electrons. The fourth-order valence-electron chi connectivity index (χ4n) is 2.75. The van der Waals surface area contributed by atoms with Gasteiger partial charge in [0, 0.05) is 6.04 Å². The van der Waals surface area contributed by atoms with Gasteiger partial charge in [0.2, 0.25) is 0 Å². The second kappa shape index (κ2) is 11.3. The van der Waals surface area contributed by atoms with Crippen LogP contribution in [0.15, 0.2) is 78.9 Å². The molecule has 1 atom stereocenters. The topological polar surface area (TPSA) is 64.7 Å². The molecule has 0 aromatic heterocycles. The molecule has 0 aliphatic rings. The van der Waals surface area contributed by atoms with Crippen LogP contribution < -0.4 is 15.2 Å². The first kappa shape index (κ1) is 21.8. The van der Waals surface area contributed by atoms with Gasteiger partial charge in [0.1, 0.15) is 13.2 Å². The van der Waals surface area contributed by atoms with Crippen molar-refractivity contribution in [1.82, 2.24) is 0 Å². The van der Waals surface area contributed by atoms with Crippen molar-refractivity contribution in [3.8, 4) is 11.5 Å². The van der Waals surface area contributed by atoms with Crippen molar-refractivity contribution in [3.05, 3.63) is 95.6 Å². The average molecular weight is 400 g/mol. The van der Waals surface area contributed by atoms with Gasteiger partial charge in [-0.15, -0.1) is 12.4 Å². The molecule has 0 spiro atoms. The minimum Gasteiger partial charge on any atom is -0.485 e. The maximum atomic E-state index is 9.20. The van der Waals surface area contributed by atoms with Crippen LogP contribution in [0.25, 0.3) is 0 Å². The number of aliphatic hydroxyl groups is 1. The van der Waals surface area contributed by atoms with Crippen LogP contribution in [0.3, 0.4) is 0 Å². The van der Waals surface area contributed by atoms with E-state index in [1.807, 2.05) is 78.9 Å². The predicted molar refractivity (Wildman–Crippen MR) is 114 cm³/mol. The summed E-state index contributed by atoms with van der Waals surface area (Å²) in [5, 5.41) is 9.20. The molecule has 4 nitrogen and oxygen atoms in total. The SMILES string of the molecule is Cl.NC(CO)Cc1ccc(OCc2ccccc2)c(OCc2ccccc2)c1. The highest BCUT2D eigenvalue weighted by Crippen LogP contribution is 2.30. The van der Waals surface area contributed by atoms with Crippen molar-refractivity contribution in [2.45, 2.75) is 25.7 Å². The van der Waals surface area contributed by atoms with Gasteiger partial charge >= 0.3 is 0 Å². The minimum absolute atomic E-state index is 0. The van der Waals surface area contributed by atoms with Crippen LogP contribution in [-0.4, -0.2) is 17.8 Å². The predicted octanol–water partition coefficient (Wildman–Crippen LogP) is 4.13. The lowest BCUT2D eigenvalue weighted by Gasteiger charge is -2.16. The molecule has 0 heterocycles. The third-order valence-corrected chi connectivity index (χ3v) is 4.21. The highest BCUT2D eigenvalue weighted by Gasteiger charge is 2.10. The van der Waals surface area contributed by atoms with Gasteiger partial charge in [0.25, 0.3) is 0 Å². The van der Waals surface area contributed by atoms with Gasteiger partial charge in [0.15, 0.2) is 11.5 Å². The first-order valence-electron chi connectivity index (χ1n) is 9.07. The maximum absolute atomic E-state index is 9.20. The summed E-state index contributed by atoms with van der Waals surface area (Å²) in [5.74, 6) is 1.37. The lowest BCUT2D eigenvalue weighted by molar-refractivity contribution is 0.254. The van der Waals surface area contributed by atoms with Crippen molar-refractivity contribution in [1.29, 1.82) is 0 Å². The largest absolute Gasteiger partial charge is 0.485 e. The van der Waals surface area contributed by atoms with E-state index in [0.717, 1.165) is 16.7 Å². The lowest BCUT2D eigenvalue weighted by Crippen LogP contribution is -2.26. The summed E-state index contributed by atoms with van der Waals surface area (Å²) in [5.41, 5.74) is 9.06. The third-order valence-electron chi connectivity index (χ3n) is 4.21. The fraction of sp³-hybridized carbons (Fsp3) is 0.217. The van der Waals surface area contributed by atoms with Crippen molar-refractivity contribution in [2.75, 3.05) is 6.61 Å². The zero-order valence-corrected chi connectivity index (χ0v) is 16.5. The second-order valence-corrected chi connectivity index (χ2v) is 6.48. The van der Waals surface area contributed by atoms with Gasteiger partial charge in [-0.1, -0.05) is 66.7 Å². The number of hydrogen-bond acceptors (Lipinski definition) is 4. The Labute approximate surface area is 172 Å². The van der Waals surface area contributed by atoms with E-state index in [9.17, 15) is 5.11 Å². The van der Waals surface area contributed by atoms with Crippen LogP contribution in [0, 0.1) is 0 Å². The van der Waals surface area contributed by atoms with Gasteiger partial charge in [0.05, 0.1) is 6.61 Å². The number of aliphatic hydroxyl groups excluding tert-OH is 1. The molecule has 0 saturated carbocycles. The number of benzene rings is 3. The molecule has 0 bridgehead atoms. The van der Waals surface area contributed by atoms with Gasteiger partial charge in [-0.2, -0.15) is 0 Å². The summed E-state index contributed by atoms with van der Waals surface area (Å²) in [7, 11) is 0. The smallest absolute Gasteiger partial charge is 0.161 e. The van der Waals surface area contributed by atoms with E-state index in [2.05, 4.69) is 0 Å². The zero-order chi connectivity index (χ0) is 18.9. The molecule has 0 aliphatic heterocycles. The molecule has 5 heteroatoms. The third kappa shape index (κ3) is 6.57. The highest BCUT2D eigenvalue weighted by atomic mass is 35.5. The first-order valence-corrected chi connectivity index (χ1v) is 9.07. The normalized spacial score (nSPS) is 11.4. The number of rotatable bonds is 9. The zero-order valence-electron chi connectivity index (χ0n) is 15.7.